The van der Waals surface area contributed by atoms with Crippen LogP contribution in [0.5, 0.6) is 0 Å². The quantitative estimate of drug-likeness (QED) is 0.605. The van der Waals surface area contributed by atoms with E-state index in [4.69, 9.17) is 11.2 Å². The maximum absolute atomic E-state index is 13.5. The molecule has 0 saturated carbocycles. The fourth-order valence-electron chi connectivity index (χ4n) is 1.98. The summed E-state index contributed by atoms with van der Waals surface area (Å²) in [5, 5.41) is 0. The molecule has 0 aliphatic rings. The van der Waals surface area contributed by atoms with Gasteiger partial charge in [-0.05, 0) is 62.2 Å². The smallest absolute Gasteiger partial charge is 0.338 e. The Labute approximate surface area is 129 Å². The second kappa shape index (κ2) is 6.03. The van der Waals surface area contributed by atoms with Gasteiger partial charge in [-0.25, -0.2) is 9.18 Å². The van der Waals surface area contributed by atoms with Gasteiger partial charge >= 0.3 is 5.97 Å². The van der Waals surface area contributed by atoms with Gasteiger partial charge in [-0.2, -0.15) is 0 Å². The predicted molar refractivity (Wildman–Crippen MR) is 84.9 cm³/mol. The molecule has 2 nitrogen and oxygen atoms in total. The van der Waals surface area contributed by atoms with Crippen LogP contribution in [-0.4, -0.2) is 11.6 Å². The summed E-state index contributed by atoms with van der Waals surface area (Å²) in [7, 11) is 0. The van der Waals surface area contributed by atoms with Crippen LogP contribution in [0, 0.1) is 18.2 Å². The summed E-state index contributed by atoms with van der Waals surface area (Å²) in [6, 6.07) is 11.2. The van der Waals surface area contributed by atoms with Crippen molar-refractivity contribution in [1.29, 1.82) is 0 Å². The average Bonchev–Trinajstić information content (AvgIpc) is 2.45. The molecule has 0 aromatic heterocycles. The van der Waals surface area contributed by atoms with E-state index in [0.29, 0.717) is 16.7 Å². The highest BCUT2D eigenvalue weighted by atomic mass is 19.1. The lowest BCUT2D eigenvalue weighted by molar-refractivity contribution is 0.00696. The second-order valence-electron chi connectivity index (χ2n) is 5.95. The Hall–Kier alpha value is -2.60. The monoisotopic (exact) mass is 296 g/mol. The predicted octanol–water partition coefficient (Wildman–Crippen LogP) is 4.43. The first kappa shape index (κ1) is 15.8. The standard InChI is InChI=1S/C19H17FO2/c1-5-13-10-16(12-17(20)11-13)14-6-8-15(9-7-14)18(21)22-19(2,3)4/h1,6-12H,2-4H3. The van der Waals surface area contributed by atoms with E-state index in [2.05, 4.69) is 5.92 Å². The van der Waals surface area contributed by atoms with Crippen molar-refractivity contribution in [3.63, 3.8) is 0 Å². The second-order valence-corrected chi connectivity index (χ2v) is 5.95. The number of rotatable bonds is 2. The molecule has 0 amide bonds. The lowest BCUT2D eigenvalue weighted by Gasteiger charge is -2.19. The van der Waals surface area contributed by atoms with E-state index in [1.54, 1.807) is 30.3 Å². The zero-order valence-electron chi connectivity index (χ0n) is 12.8. The third kappa shape index (κ3) is 3.95. The number of esters is 1. The highest BCUT2D eigenvalue weighted by molar-refractivity contribution is 5.90. The third-order valence-corrected chi connectivity index (χ3v) is 2.92. The minimum Gasteiger partial charge on any atom is -0.456 e. The van der Waals surface area contributed by atoms with Crippen LogP contribution < -0.4 is 0 Å². The normalized spacial score (nSPS) is 10.9. The Morgan fingerprint density at radius 2 is 1.73 bits per heavy atom. The van der Waals surface area contributed by atoms with Crippen molar-refractivity contribution in [1.82, 2.24) is 0 Å². The summed E-state index contributed by atoms with van der Waals surface area (Å²) in [4.78, 5) is 12.0. The van der Waals surface area contributed by atoms with Crippen molar-refractivity contribution >= 4 is 5.97 Å². The summed E-state index contributed by atoms with van der Waals surface area (Å²) in [6.07, 6.45) is 5.31. The number of ether oxygens (including phenoxy) is 1. The van der Waals surface area contributed by atoms with Crippen LogP contribution in [0.2, 0.25) is 0 Å². The molecule has 0 fully saturated rings. The van der Waals surface area contributed by atoms with Gasteiger partial charge in [0, 0.05) is 5.56 Å². The first-order valence-electron chi connectivity index (χ1n) is 6.89. The number of hydrogen-bond acceptors (Lipinski definition) is 2. The first-order valence-corrected chi connectivity index (χ1v) is 6.89. The van der Waals surface area contributed by atoms with Crippen LogP contribution in [0.1, 0.15) is 36.7 Å². The van der Waals surface area contributed by atoms with Crippen LogP contribution in [0.4, 0.5) is 4.39 Å². The number of hydrogen-bond donors (Lipinski definition) is 0. The van der Waals surface area contributed by atoms with Crippen molar-refractivity contribution in [2.75, 3.05) is 0 Å². The Kier molecular flexibility index (Phi) is 4.32. The highest BCUT2D eigenvalue weighted by Crippen LogP contribution is 2.23. The van der Waals surface area contributed by atoms with Gasteiger partial charge in [-0.15, -0.1) is 6.42 Å². The van der Waals surface area contributed by atoms with Gasteiger partial charge in [0.2, 0.25) is 0 Å². The van der Waals surface area contributed by atoms with Crippen molar-refractivity contribution in [2.45, 2.75) is 26.4 Å². The molecule has 0 aliphatic heterocycles. The Balaban J connectivity index is 2.28. The summed E-state index contributed by atoms with van der Waals surface area (Å²) in [5.74, 6) is 1.65. The van der Waals surface area contributed by atoms with Crippen LogP contribution in [0.25, 0.3) is 11.1 Å². The molecule has 0 bridgehead atoms. The molecule has 2 aromatic carbocycles. The van der Waals surface area contributed by atoms with Crippen LogP contribution in [-0.2, 0) is 4.74 Å². The summed E-state index contributed by atoms with van der Waals surface area (Å²) in [5.41, 5.74) is 1.84. The molecule has 0 heterocycles. The van der Waals surface area contributed by atoms with E-state index in [0.717, 1.165) is 5.56 Å². The maximum Gasteiger partial charge on any atom is 0.338 e. The van der Waals surface area contributed by atoms with E-state index in [1.165, 1.54) is 12.1 Å². The number of carbonyl (C=O) groups is 1. The summed E-state index contributed by atoms with van der Waals surface area (Å²) < 4.78 is 18.8. The molecule has 22 heavy (non-hydrogen) atoms. The van der Waals surface area contributed by atoms with Gasteiger partial charge < -0.3 is 4.74 Å². The van der Waals surface area contributed by atoms with E-state index in [-0.39, 0.29) is 11.8 Å². The Morgan fingerprint density at radius 1 is 1.09 bits per heavy atom. The van der Waals surface area contributed by atoms with Crippen molar-refractivity contribution in [2.24, 2.45) is 0 Å². The Bertz CT molecular complexity index is 732. The van der Waals surface area contributed by atoms with Crippen LogP contribution in [0.15, 0.2) is 42.5 Å². The zero-order chi connectivity index (χ0) is 16.3. The van der Waals surface area contributed by atoms with Crippen molar-refractivity contribution in [3.05, 3.63) is 59.4 Å². The van der Waals surface area contributed by atoms with E-state index in [9.17, 15) is 9.18 Å². The largest absolute Gasteiger partial charge is 0.456 e. The van der Waals surface area contributed by atoms with Gasteiger partial charge in [0.05, 0.1) is 5.56 Å². The molecule has 3 heteroatoms. The molecule has 0 unspecified atom stereocenters. The van der Waals surface area contributed by atoms with E-state index >= 15 is 0 Å². The molecule has 0 aliphatic carbocycles. The maximum atomic E-state index is 13.5. The third-order valence-electron chi connectivity index (χ3n) is 2.92. The average molecular weight is 296 g/mol. The minimum atomic E-state index is -0.542. The molecular weight excluding hydrogens is 279 g/mol. The molecule has 0 atom stereocenters. The molecule has 2 aromatic rings. The minimum absolute atomic E-state index is 0.386. The zero-order valence-corrected chi connectivity index (χ0v) is 12.8. The van der Waals surface area contributed by atoms with Gasteiger partial charge in [0.25, 0.3) is 0 Å². The molecule has 0 spiro atoms. The number of halogens is 1. The summed E-state index contributed by atoms with van der Waals surface area (Å²) in [6.45, 7) is 5.44. The Morgan fingerprint density at radius 3 is 2.27 bits per heavy atom. The first-order chi connectivity index (χ1) is 10.3. The number of benzene rings is 2. The van der Waals surface area contributed by atoms with Gasteiger partial charge in [0.1, 0.15) is 11.4 Å². The van der Waals surface area contributed by atoms with Gasteiger partial charge in [-0.3, -0.25) is 0 Å². The van der Waals surface area contributed by atoms with Crippen molar-refractivity contribution in [3.8, 4) is 23.5 Å². The lowest BCUT2D eigenvalue weighted by Crippen LogP contribution is -2.23. The number of terminal acetylenes is 1. The topological polar surface area (TPSA) is 26.3 Å². The van der Waals surface area contributed by atoms with E-state index in [1.807, 2.05) is 20.8 Å². The lowest BCUT2D eigenvalue weighted by atomic mass is 10.0. The molecule has 2 rings (SSSR count). The highest BCUT2D eigenvalue weighted by Gasteiger charge is 2.17. The fraction of sp³-hybridized carbons (Fsp3) is 0.211. The van der Waals surface area contributed by atoms with E-state index < -0.39 is 5.60 Å². The van der Waals surface area contributed by atoms with Crippen LogP contribution >= 0.6 is 0 Å². The molecule has 112 valence electrons. The molecule has 0 N–H and O–H groups in total. The SMILES string of the molecule is C#Cc1cc(F)cc(-c2ccc(C(=O)OC(C)(C)C)cc2)c1. The molecule has 0 saturated heterocycles. The van der Waals surface area contributed by atoms with Crippen molar-refractivity contribution < 1.29 is 13.9 Å². The van der Waals surface area contributed by atoms with Gasteiger partial charge in [0.15, 0.2) is 0 Å². The fourth-order valence-corrected chi connectivity index (χ4v) is 1.98. The van der Waals surface area contributed by atoms with Gasteiger partial charge in [-0.1, -0.05) is 18.1 Å². The molecule has 0 radical (unpaired) electrons. The van der Waals surface area contributed by atoms with Crippen LogP contribution in [0.3, 0.4) is 0 Å². The molecular formula is C19H17FO2. The number of carbonyl (C=O) groups excluding carboxylic acids is 1. The summed E-state index contributed by atoms with van der Waals surface area (Å²) >= 11 is 0.